The summed E-state index contributed by atoms with van der Waals surface area (Å²) >= 11 is 0. The molecule has 1 aromatic carbocycles. The number of aromatic nitrogens is 2. The van der Waals surface area contributed by atoms with Gasteiger partial charge < -0.3 is 5.32 Å². The molecular weight excluding hydrogens is 274 g/mol. The van der Waals surface area contributed by atoms with Gasteiger partial charge in [0.1, 0.15) is 0 Å². The van der Waals surface area contributed by atoms with Crippen molar-refractivity contribution in [3.63, 3.8) is 0 Å². The Balaban J connectivity index is 1.95. The van der Waals surface area contributed by atoms with Crippen LogP contribution in [0.4, 0.5) is 5.69 Å². The van der Waals surface area contributed by atoms with Gasteiger partial charge >= 0.3 is 0 Å². The number of carbonyl (C=O) groups is 1. The number of allylic oxidation sites excluding steroid dienone is 2. The summed E-state index contributed by atoms with van der Waals surface area (Å²) < 4.78 is 0. The Kier molecular flexibility index (Phi) is 5.72. The van der Waals surface area contributed by atoms with E-state index in [1.807, 2.05) is 30.5 Å². The molecule has 114 valence electrons. The zero-order valence-corrected chi connectivity index (χ0v) is 12.8. The van der Waals surface area contributed by atoms with Gasteiger partial charge in [-0.25, -0.2) is 0 Å². The molecule has 4 nitrogen and oxygen atoms in total. The SMILES string of the molecule is C=C/C(=C\CCC)CC(=O)Nc1ccc(-c2cn[nH]c2)cc1. The van der Waals surface area contributed by atoms with Crippen LogP contribution in [0.2, 0.25) is 0 Å². The van der Waals surface area contributed by atoms with E-state index in [0.29, 0.717) is 6.42 Å². The van der Waals surface area contributed by atoms with E-state index in [-0.39, 0.29) is 5.91 Å². The van der Waals surface area contributed by atoms with Gasteiger partial charge in [-0.3, -0.25) is 9.89 Å². The molecule has 0 atom stereocenters. The number of amides is 1. The lowest BCUT2D eigenvalue weighted by molar-refractivity contribution is -0.115. The molecule has 0 bridgehead atoms. The average molecular weight is 295 g/mol. The van der Waals surface area contributed by atoms with Crippen molar-refractivity contribution in [2.24, 2.45) is 0 Å². The fourth-order valence-corrected chi connectivity index (χ4v) is 2.10. The van der Waals surface area contributed by atoms with E-state index in [4.69, 9.17) is 0 Å². The number of anilines is 1. The van der Waals surface area contributed by atoms with Gasteiger partial charge in [0.2, 0.25) is 5.91 Å². The number of aromatic amines is 1. The summed E-state index contributed by atoms with van der Waals surface area (Å²) in [6.07, 6.45) is 9.80. The second-order valence-electron chi connectivity index (χ2n) is 5.06. The third-order valence-corrected chi connectivity index (χ3v) is 3.32. The molecule has 1 heterocycles. The predicted molar refractivity (Wildman–Crippen MR) is 90.5 cm³/mol. The lowest BCUT2D eigenvalue weighted by Gasteiger charge is -2.07. The van der Waals surface area contributed by atoms with Gasteiger partial charge in [-0.05, 0) is 29.7 Å². The maximum absolute atomic E-state index is 12.0. The Morgan fingerprint density at radius 2 is 2.09 bits per heavy atom. The minimum atomic E-state index is -0.0293. The molecule has 0 unspecified atom stereocenters. The van der Waals surface area contributed by atoms with Crippen molar-refractivity contribution < 1.29 is 4.79 Å². The Labute approximate surface area is 131 Å². The van der Waals surface area contributed by atoms with E-state index in [1.165, 1.54) is 0 Å². The molecule has 0 radical (unpaired) electrons. The normalized spacial score (nSPS) is 11.2. The van der Waals surface area contributed by atoms with Crippen molar-refractivity contribution in [2.75, 3.05) is 5.32 Å². The molecule has 1 amide bonds. The van der Waals surface area contributed by atoms with E-state index in [1.54, 1.807) is 12.3 Å². The highest BCUT2D eigenvalue weighted by molar-refractivity contribution is 5.92. The fraction of sp³-hybridized carbons (Fsp3) is 0.222. The molecule has 0 aliphatic heterocycles. The molecule has 2 aromatic rings. The van der Waals surface area contributed by atoms with Crippen molar-refractivity contribution in [1.29, 1.82) is 0 Å². The second kappa shape index (κ2) is 7.98. The van der Waals surface area contributed by atoms with E-state index in [2.05, 4.69) is 35.1 Å². The van der Waals surface area contributed by atoms with Gasteiger partial charge in [0, 0.05) is 17.4 Å². The van der Waals surface area contributed by atoms with Crippen LogP contribution < -0.4 is 5.32 Å². The minimum Gasteiger partial charge on any atom is -0.326 e. The van der Waals surface area contributed by atoms with E-state index < -0.39 is 0 Å². The summed E-state index contributed by atoms with van der Waals surface area (Å²) in [7, 11) is 0. The Morgan fingerprint density at radius 3 is 2.68 bits per heavy atom. The van der Waals surface area contributed by atoms with Crippen molar-refractivity contribution in [3.05, 3.63) is 61.0 Å². The molecule has 0 spiro atoms. The van der Waals surface area contributed by atoms with Gasteiger partial charge in [-0.1, -0.05) is 44.2 Å². The smallest absolute Gasteiger partial charge is 0.228 e. The predicted octanol–water partition coefficient (Wildman–Crippen LogP) is 4.32. The van der Waals surface area contributed by atoms with Crippen LogP contribution in [0.1, 0.15) is 26.2 Å². The first-order chi connectivity index (χ1) is 10.7. The van der Waals surface area contributed by atoms with Gasteiger partial charge in [0.05, 0.1) is 12.6 Å². The zero-order valence-electron chi connectivity index (χ0n) is 12.8. The molecule has 1 aromatic heterocycles. The number of nitrogens with one attached hydrogen (secondary N) is 2. The quantitative estimate of drug-likeness (QED) is 0.747. The Morgan fingerprint density at radius 1 is 1.32 bits per heavy atom. The average Bonchev–Trinajstić information content (AvgIpc) is 3.06. The van der Waals surface area contributed by atoms with Crippen LogP contribution in [0.3, 0.4) is 0 Å². The van der Waals surface area contributed by atoms with Crippen LogP contribution in [0, 0.1) is 0 Å². The Bertz CT molecular complexity index is 639. The first kappa shape index (κ1) is 15.8. The zero-order chi connectivity index (χ0) is 15.8. The molecular formula is C18H21N3O. The number of hydrogen-bond donors (Lipinski definition) is 2. The van der Waals surface area contributed by atoms with Crippen molar-refractivity contribution in [2.45, 2.75) is 26.2 Å². The van der Waals surface area contributed by atoms with Gasteiger partial charge in [0.25, 0.3) is 0 Å². The largest absolute Gasteiger partial charge is 0.326 e. The second-order valence-corrected chi connectivity index (χ2v) is 5.06. The minimum absolute atomic E-state index is 0.0293. The molecule has 2 N–H and O–H groups in total. The lowest BCUT2D eigenvalue weighted by atomic mass is 10.1. The third kappa shape index (κ3) is 4.45. The van der Waals surface area contributed by atoms with Crippen LogP contribution in [0.5, 0.6) is 0 Å². The number of carbonyl (C=O) groups excluding carboxylic acids is 1. The Hall–Kier alpha value is -2.62. The van der Waals surface area contributed by atoms with Gasteiger partial charge in [0.15, 0.2) is 0 Å². The molecule has 0 fully saturated rings. The highest BCUT2D eigenvalue weighted by Crippen LogP contribution is 2.20. The molecule has 2 rings (SSSR count). The van der Waals surface area contributed by atoms with Crippen LogP contribution in [-0.2, 0) is 4.79 Å². The molecule has 22 heavy (non-hydrogen) atoms. The number of unbranched alkanes of at least 4 members (excludes halogenated alkanes) is 1. The third-order valence-electron chi connectivity index (χ3n) is 3.32. The maximum Gasteiger partial charge on any atom is 0.228 e. The van der Waals surface area contributed by atoms with Crippen LogP contribution in [0.25, 0.3) is 11.1 Å². The monoisotopic (exact) mass is 295 g/mol. The highest BCUT2D eigenvalue weighted by atomic mass is 16.1. The van der Waals surface area contributed by atoms with E-state index >= 15 is 0 Å². The standard InChI is InChI=1S/C18H21N3O/c1-3-5-6-14(4-2)11-18(22)21-17-9-7-15(8-10-17)16-12-19-20-13-16/h4,6-10,12-13H,2-3,5,11H2,1H3,(H,19,20)(H,21,22)/b14-6+. The number of hydrogen-bond acceptors (Lipinski definition) is 2. The molecule has 0 aliphatic rings. The maximum atomic E-state index is 12.0. The summed E-state index contributed by atoms with van der Waals surface area (Å²) in [6.45, 7) is 5.87. The van der Waals surface area contributed by atoms with Gasteiger partial charge in [-0.2, -0.15) is 5.10 Å². The number of rotatable bonds is 7. The van der Waals surface area contributed by atoms with E-state index in [9.17, 15) is 4.79 Å². The first-order valence-corrected chi connectivity index (χ1v) is 7.43. The summed E-state index contributed by atoms with van der Waals surface area (Å²) in [5.74, 6) is -0.0293. The fourth-order valence-electron chi connectivity index (χ4n) is 2.10. The number of benzene rings is 1. The van der Waals surface area contributed by atoms with E-state index in [0.717, 1.165) is 35.2 Å². The molecule has 0 aliphatic carbocycles. The first-order valence-electron chi connectivity index (χ1n) is 7.43. The summed E-state index contributed by atoms with van der Waals surface area (Å²) in [6, 6.07) is 7.71. The summed E-state index contributed by atoms with van der Waals surface area (Å²) in [5.41, 5.74) is 3.83. The van der Waals surface area contributed by atoms with Crippen molar-refractivity contribution in [3.8, 4) is 11.1 Å². The van der Waals surface area contributed by atoms with Crippen LogP contribution in [0.15, 0.2) is 61.0 Å². The molecule has 4 heteroatoms. The van der Waals surface area contributed by atoms with Crippen molar-refractivity contribution in [1.82, 2.24) is 10.2 Å². The molecule has 0 saturated heterocycles. The highest BCUT2D eigenvalue weighted by Gasteiger charge is 2.05. The number of H-pyrrole nitrogens is 1. The summed E-state index contributed by atoms with van der Waals surface area (Å²) in [4.78, 5) is 12.0. The summed E-state index contributed by atoms with van der Waals surface area (Å²) in [5, 5.41) is 9.61. The van der Waals surface area contributed by atoms with Crippen LogP contribution in [-0.4, -0.2) is 16.1 Å². The van der Waals surface area contributed by atoms with Crippen LogP contribution >= 0.6 is 0 Å². The van der Waals surface area contributed by atoms with Gasteiger partial charge in [-0.15, -0.1) is 0 Å². The molecule has 0 saturated carbocycles. The van der Waals surface area contributed by atoms with Crippen molar-refractivity contribution >= 4 is 11.6 Å². The number of nitrogens with zero attached hydrogens (tertiary/aromatic N) is 1. The lowest BCUT2D eigenvalue weighted by Crippen LogP contribution is -2.11. The topological polar surface area (TPSA) is 57.8 Å².